The Morgan fingerprint density at radius 3 is 2.62 bits per heavy atom. The number of halogens is 1. The predicted octanol–water partition coefficient (Wildman–Crippen LogP) is 2.25. The number of anilines is 1. The minimum absolute atomic E-state index is 0.0968. The van der Waals surface area contributed by atoms with E-state index in [4.69, 9.17) is 16.7 Å². The standard InChI is InChI=1S/C14H18ClN3O3/c1-18-7-5-9(6-8-18)16-14(21)17-11-4-2-3-10(15)12(11)13(19)20/h2-4,9H,5-8H2,1H3,(H,19,20)(H2,16,17,21). The summed E-state index contributed by atoms with van der Waals surface area (Å²) in [6.07, 6.45) is 1.76. The molecule has 1 aliphatic rings. The van der Waals surface area contributed by atoms with Crippen LogP contribution in [0, 0.1) is 0 Å². The van der Waals surface area contributed by atoms with Gasteiger partial charge in [0.1, 0.15) is 5.56 Å². The largest absolute Gasteiger partial charge is 0.478 e. The lowest BCUT2D eigenvalue weighted by Crippen LogP contribution is -2.45. The van der Waals surface area contributed by atoms with Crippen molar-refractivity contribution >= 4 is 29.3 Å². The zero-order chi connectivity index (χ0) is 15.4. The molecule has 7 heteroatoms. The van der Waals surface area contributed by atoms with Crippen molar-refractivity contribution in [1.82, 2.24) is 10.2 Å². The lowest BCUT2D eigenvalue weighted by Gasteiger charge is -2.29. The van der Waals surface area contributed by atoms with E-state index < -0.39 is 12.0 Å². The summed E-state index contributed by atoms with van der Waals surface area (Å²) in [6.45, 7) is 1.87. The molecule has 3 N–H and O–H groups in total. The second kappa shape index (κ2) is 6.78. The van der Waals surface area contributed by atoms with E-state index in [1.807, 2.05) is 7.05 Å². The molecule has 0 unspecified atom stereocenters. The molecule has 0 bridgehead atoms. The fourth-order valence-corrected chi connectivity index (χ4v) is 2.60. The van der Waals surface area contributed by atoms with Gasteiger partial charge in [0.15, 0.2) is 0 Å². The van der Waals surface area contributed by atoms with Crippen molar-refractivity contribution in [3.63, 3.8) is 0 Å². The second-order valence-electron chi connectivity index (χ2n) is 5.14. The predicted molar refractivity (Wildman–Crippen MR) is 81.1 cm³/mol. The maximum atomic E-state index is 12.0. The third-order valence-electron chi connectivity index (χ3n) is 3.53. The van der Waals surface area contributed by atoms with E-state index in [1.165, 1.54) is 12.1 Å². The highest BCUT2D eigenvalue weighted by Gasteiger charge is 2.20. The van der Waals surface area contributed by atoms with Crippen LogP contribution in [0.15, 0.2) is 18.2 Å². The number of nitrogens with one attached hydrogen (secondary N) is 2. The van der Waals surface area contributed by atoms with Gasteiger partial charge >= 0.3 is 12.0 Å². The van der Waals surface area contributed by atoms with Crippen LogP contribution >= 0.6 is 11.6 Å². The van der Waals surface area contributed by atoms with Crippen LogP contribution in [0.1, 0.15) is 23.2 Å². The van der Waals surface area contributed by atoms with Gasteiger partial charge in [-0.25, -0.2) is 9.59 Å². The number of aromatic carboxylic acids is 1. The summed E-state index contributed by atoms with van der Waals surface area (Å²) in [6, 6.07) is 4.29. The van der Waals surface area contributed by atoms with Crippen molar-refractivity contribution in [3.05, 3.63) is 28.8 Å². The molecule has 21 heavy (non-hydrogen) atoms. The zero-order valence-corrected chi connectivity index (χ0v) is 12.5. The van der Waals surface area contributed by atoms with Crippen LogP contribution in [0.5, 0.6) is 0 Å². The van der Waals surface area contributed by atoms with E-state index in [-0.39, 0.29) is 22.3 Å². The number of benzene rings is 1. The van der Waals surface area contributed by atoms with Crippen LogP contribution < -0.4 is 10.6 Å². The molecule has 1 saturated heterocycles. The van der Waals surface area contributed by atoms with Crippen molar-refractivity contribution in [2.75, 3.05) is 25.5 Å². The third-order valence-corrected chi connectivity index (χ3v) is 3.84. The number of hydrogen-bond donors (Lipinski definition) is 3. The van der Waals surface area contributed by atoms with Gasteiger partial charge in [0.05, 0.1) is 10.7 Å². The number of likely N-dealkylation sites (tertiary alicyclic amines) is 1. The van der Waals surface area contributed by atoms with Gasteiger partial charge in [0.25, 0.3) is 0 Å². The lowest BCUT2D eigenvalue weighted by molar-refractivity contribution is 0.0698. The summed E-state index contributed by atoms with van der Waals surface area (Å²) in [4.78, 5) is 25.4. The Balaban J connectivity index is 2.00. The first-order valence-corrected chi connectivity index (χ1v) is 7.13. The van der Waals surface area contributed by atoms with Gasteiger partial charge in [0, 0.05) is 6.04 Å². The Morgan fingerprint density at radius 2 is 2.00 bits per heavy atom. The van der Waals surface area contributed by atoms with Crippen molar-refractivity contribution in [2.24, 2.45) is 0 Å². The number of carbonyl (C=O) groups excluding carboxylic acids is 1. The van der Waals surface area contributed by atoms with E-state index in [9.17, 15) is 9.59 Å². The highest BCUT2D eigenvalue weighted by atomic mass is 35.5. The molecule has 114 valence electrons. The maximum absolute atomic E-state index is 12.0. The van der Waals surface area contributed by atoms with Crippen molar-refractivity contribution in [2.45, 2.75) is 18.9 Å². The van der Waals surface area contributed by atoms with Gasteiger partial charge in [-0.15, -0.1) is 0 Å². The van der Waals surface area contributed by atoms with Crippen LogP contribution in [-0.4, -0.2) is 48.2 Å². The molecular weight excluding hydrogens is 294 g/mol. The topological polar surface area (TPSA) is 81.7 Å². The summed E-state index contributed by atoms with van der Waals surface area (Å²) in [5, 5.41) is 14.7. The number of piperidine rings is 1. The lowest BCUT2D eigenvalue weighted by atomic mass is 10.1. The monoisotopic (exact) mass is 311 g/mol. The van der Waals surface area contributed by atoms with Crippen LogP contribution in [-0.2, 0) is 0 Å². The molecule has 0 aromatic heterocycles. The molecule has 2 amide bonds. The van der Waals surface area contributed by atoms with Crippen LogP contribution in [0.3, 0.4) is 0 Å². The molecule has 2 rings (SSSR count). The van der Waals surface area contributed by atoms with Crippen molar-refractivity contribution < 1.29 is 14.7 Å². The SMILES string of the molecule is CN1CCC(NC(=O)Nc2cccc(Cl)c2C(=O)O)CC1. The number of rotatable bonds is 3. The maximum Gasteiger partial charge on any atom is 0.339 e. The fourth-order valence-electron chi connectivity index (χ4n) is 2.34. The van der Waals surface area contributed by atoms with E-state index in [2.05, 4.69) is 15.5 Å². The first-order chi connectivity index (χ1) is 9.97. The molecule has 0 saturated carbocycles. The molecule has 1 heterocycles. The number of carboxylic acid groups (broad SMARTS) is 1. The number of carboxylic acids is 1. The quantitative estimate of drug-likeness (QED) is 0.799. The average molecular weight is 312 g/mol. The number of amides is 2. The smallest absolute Gasteiger partial charge is 0.339 e. The highest BCUT2D eigenvalue weighted by molar-refractivity contribution is 6.34. The number of hydrogen-bond acceptors (Lipinski definition) is 3. The molecule has 0 radical (unpaired) electrons. The first kappa shape index (κ1) is 15.6. The van der Waals surface area contributed by atoms with Crippen molar-refractivity contribution in [3.8, 4) is 0 Å². The summed E-state index contributed by atoms with van der Waals surface area (Å²) in [5.74, 6) is -1.17. The third kappa shape index (κ3) is 4.09. The Hall–Kier alpha value is -1.79. The van der Waals surface area contributed by atoms with Gasteiger partial charge in [-0.1, -0.05) is 17.7 Å². The molecule has 1 fully saturated rings. The summed E-state index contributed by atoms with van der Waals surface area (Å²) in [5.41, 5.74) is 0.0955. The summed E-state index contributed by atoms with van der Waals surface area (Å²) in [7, 11) is 2.04. The van der Waals surface area contributed by atoms with Gasteiger partial charge in [-0.2, -0.15) is 0 Å². The molecule has 1 aromatic rings. The molecule has 6 nitrogen and oxygen atoms in total. The highest BCUT2D eigenvalue weighted by Crippen LogP contribution is 2.24. The Kier molecular flexibility index (Phi) is 5.03. The van der Waals surface area contributed by atoms with Crippen LogP contribution in [0.2, 0.25) is 5.02 Å². The molecule has 0 spiro atoms. The van der Waals surface area contributed by atoms with Crippen LogP contribution in [0.25, 0.3) is 0 Å². The molecule has 0 atom stereocenters. The van der Waals surface area contributed by atoms with Gasteiger partial charge < -0.3 is 20.6 Å². The average Bonchev–Trinajstić information content (AvgIpc) is 2.41. The Bertz CT molecular complexity index is 542. The first-order valence-electron chi connectivity index (χ1n) is 6.75. The molecular formula is C14H18ClN3O3. The zero-order valence-electron chi connectivity index (χ0n) is 11.7. The van der Waals surface area contributed by atoms with Crippen LogP contribution in [0.4, 0.5) is 10.5 Å². The molecule has 0 aliphatic carbocycles. The van der Waals surface area contributed by atoms with Gasteiger partial charge in [-0.05, 0) is 45.1 Å². The van der Waals surface area contributed by atoms with Crippen molar-refractivity contribution in [1.29, 1.82) is 0 Å². The van der Waals surface area contributed by atoms with E-state index >= 15 is 0 Å². The minimum Gasteiger partial charge on any atom is -0.478 e. The van der Waals surface area contributed by atoms with E-state index in [0.29, 0.717) is 0 Å². The Morgan fingerprint density at radius 1 is 1.33 bits per heavy atom. The summed E-state index contributed by atoms with van der Waals surface area (Å²) < 4.78 is 0. The molecule has 1 aliphatic heterocycles. The fraction of sp³-hybridized carbons (Fsp3) is 0.429. The van der Waals surface area contributed by atoms with E-state index in [1.54, 1.807) is 6.07 Å². The number of nitrogens with zero attached hydrogens (tertiary/aromatic N) is 1. The second-order valence-corrected chi connectivity index (χ2v) is 5.55. The van der Waals surface area contributed by atoms with Gasteiger partial charge in [0.2, 0.25) is 0 Å². The van der Waals surface area contributed by atoms with Gasteiger partial charge in [-0.3, -0.25) is 0 Å². The number of carbonyl (C=O) groups is 2. The summed E-state index contributed by atoms with van der Waals surface area (Å²) >= 11 is 5.86. The normalized spacial score (nSPS) is 16.5. The Labute approximate surface area is 128 Å². The number of urea groups is 1. The van der Waals surface area contributed by atoms with E-state index in [0.717, 1.165) is 25.9 Å². The minimum atomic E-state index is -1.17. The molecule has 1 aromatic carbocycles.